The van der Waals surface area contributed by atoms with Gasteiger partial charge < -0.3 is 15.2 Å². The van der Waals surface area contributed by atoms with Crippen molar-refractivity contribution in [3.05, 3.63) is 29.8 Å². The van der Waals surface area contributed by atoms with Crippen molar-refractivity contribution in [3.8, 4) is 0 Å². The molecular formula is C16H23NO3. The topological polar surface area (TPSA) is 58.6 Å². The van der Waals surface area contributed by atoms with Crippen LogP contribution in [-0.4, -0.2) is 29.8 Å². The lowest BCUT2D eigenvalue weighted by Crippen LogP contribution is -2.59. The van der Waals surface area contributed by atoms with Crippen molar-refractivity contribution in [2.45, 2.75) is 45.8 Å². The van der Waals surface area contributed by atoms with Gasteiger partial charge in [-0.1, -0.05) is 26.0 Å². The second kappa shape index (κ2) is 5.83. The largest absolute Gasteiger partial charge is 0.478 e. The first-order valence-electron chi connectivity index (χ1n) is 7.23. The van der Waals surface area contributed by atoms with Crippen LogP contribution in [0.4, 0.5) is 5.69 Å². The maximum atomic E-state index is 11.2. The number of carboxylic acid groups (broad SMARTS) is 1. The molecule has 1 aromatic rings. The zero-order valence-corrected chi connectivity index (χ0v) is 12.3. The van der Waals surface area contributed by atoms with E-state index in [4.69, 9.17) is 4.74 Å². The molecule has 3 atom stereocenters. The normalized spacial score (nSPS) is 28.8. The number of nitrogens with one attached hydrogen (secondary N) is 1. The molecule has 0 aliphatic heterocycles. The minimum Gasteiger partial charge on any atom is -0.478 e. The van der Waals surface area contributed by atoms with Crippen LogP contribution in [0.25, 0.3) is 0 Å². The molecule has 2 rings (SSSR count). The van der Waals surface area contributed by atoms with Crippen LogP contribution in [0.5, 0.6) is 0 Å². The lowest BCUT2D eigenvalue weighted by molar-refractivity contribution is -0.109. The Morgan fingerprint density at radius 1 is 1.45 bits per heavy atom. The highest BCUT2D eigenvalue weighted by Gasteiger charge is 2.51. The summed E-state index contributed by atoms with van der Waals surface area (Å²) in [6.45, 7) is 7.09. The molecule has 1 fully saturated rings. The molecular weight excluding hydrogens is 254 g/mol. The lowest BCUT2D eigenvalue weighted by Gasteiger charge is -2.54. The van der Waals surface area contributed by atoms with Crippen LogP contribution < -0.4 is 5.32 Å². The van der Waals surface area contributed by atoms with Crippen molar-refractivity contribution in [2.24, 2.45) is 5.41 Å². The number of aromatic carboxylic acids is 1. The van der Waals surface area contributed by atoms with Gasteiger partial charge in [0.15, 0.2) is 0 Å². The predicted octanol–water partition coefficient (Wildman–Crippen LogP) is 3.39. The Labute approximate surface area is 120 Å². The number of hydrogen-bond donors (Lipinski definition) is 2. The molecule has 110 valence electrons. The summed E-state index contributed by atoms with van der Waals surface area (Å²) in [4.78, 5) is 11.2. The number of ether oxygens (including phenoxy) is 1. The molecule has 20 heavy (non-hydrogen) atoms. The molecule has 4 nitrogen and oxygen atoms in total. The van der Waals surface area contributed by atoms with Gasteiger partial charge in [-0.15, -0.1) is 0 Å². The molecule has 1 aliphatic rings. The van der Waals surface area contributed by atoms with Crippen molar-refractivity contribution in [3.63, 3.8) is 0 Å². The van der Waals surface area contributed by atoms with Gasteiger partial charge >= 0.3 is 5.97 Å². The standard InChI is InChI=1S/C16H23NO3/c1-4-16(3)13(10-14(16)20-5-2)17-12-9-7-6-8-11(12)15(18)19/h6-9,13-14,17H,4-5,10H2,1-3H3,(H,18,19). The van der Waals surface area contributed by atoms with Crippen LogP contribution in [0.2, 0.25) is 0 Å². The quantitative estimate of drug-likeness (QED) is 0.836. The monoisotopic (exact) mass is 277 g/mol. The van der Waals surface area contributed by atoms with Crippen LogP contribution in [0.3, 0.4) is 0 Å². The van der Waals surface area contributed by atoms with Crippen LogP contribution >= 0.6 is 0 Å². The molecule has 0 aromatic heterocycles. The van der Waals surface area contributed by atoms with E-state index in [2.05, 4.69) is 19.2 Å². The molecule has 2 N–H and O–H groups in total. The first-order chi connectivity index (χ1) is 9.52. The summed E-state index contributed by atoms with van der Waals surface area (Å²) in [6.07, 6.45) is 2.18. The summed E-state index contributed by atoms with van der Waals surface area (Å²) in [6, 6.07) is 7.32. The average Bonchev–Trinajstić information content (AvgIpc) is 2.45. The zero-order chi connectivity index (χ0) is 14.8. The number of anilines is 1. The number of hydrogen-bond acceptors (Lipinski definition) is 3. The van der Waals surface area contributed by atoms with Gasteiger partial charge in [0.1, 0.15) is 0 Å². The van der Waals surface area contributed by atoms with E-state index in [0.717, 1.165) is 19.4 Å². The second-order valence-electron chi connectivity index (χ2n) is 5.59. The number of carbonyl (C=O) groups is 1. The summed E-state index contributed by atoms with van der Waals surface area (Å²) in [5.41, 5.74) is 1.08. The van der Waals surface area contributed by atoms with Gasteiger partial charge in [0.2, 0.25) is 0 Å². The van der Waals surface area contributed by atoms with Crippen LogP contribution in [-0.2, 0) is 4.74 Å². The molecule has 1 aliphatic carbocycles. The van der Waals surface area contributed by atoms with Gasteiger partial charge in [-0.2, -0.15) is 0 Å². The Hall–Kier alpha value is -1.55. The van der Waals surface area contributed by atoms with Crippen LogP contribution in [0.15, 0.2) is 24.3 Å². The molecule has 0 bridgehead atoms. The van der Waals surface area contributed by atoms with Crippen LogP contribution in [0, 0.1) is 5.41 Å². The summed E-state index contributed by atoms with van der Waals surface area (Å²) in [5.74, 6) is -0.896. The highest BCUT2D eigenvalue weighted by molar-refractivity contribution is 5.94. The summed E-state index contributed by atoms with van der Waals surface area (Å²) in [5, 5.41) is 12.6. The van der Waals surface area contributed by atoms with E-state index in [0.29, 0.717) is 11.3 Å². The van der Waals surface area contributed by atoms with Gasteiger partial charge in [-0.25, -0.2) is 4.79 Å². The number of para-hydroxylation sites is 1. The van der Waals surface area contributed by atoms with Crippen molar-refractivity contribution in [2.75, 3.05) is 11.9 Å². The third-order valence-corrected chi connectivity index (χ3v) is 4.60. The third kappa shape index (κ3) is 2.52. The molecule has 0 heterocycles. The Bertz CT molecular complexity index is 488. The molecule has 0 spiro atoms. The Balaban J connectivity index is 2.14. The van der Waals surface area contributed by atoms with E-state index in [1.54, 1.807) is 12.1 Å². The molecule has 0 radical (unpaired) electrons. The maximum absolute atomic E-state index is 11.2. The van der Waals surface area contributed by atoms with E-state index in [1.165, 1.54) is 0 Å². The van der Waals surface area contributed by atoms with Gasteiger partial charge in [-0.05, 0) is 31.9 Å². The molecule has 0 saturated heterocycles. The van der Waals surface area contributed by atoms with Gasteiger partial charge in [0.25, 0.3) is 0 Å². The SMILES string of the molecule is CCOC1CC(Nc2ccccc2C(=O)O)C1(C)CC. The second-order valence-corrected chi connectivity index (χ2v) is 5.59. The third-order valence-electron chi connectivity index (χ3n) is 4.60. The molecule has 4 heteroatoms. The lowest BCUT2D eigenvalue weighted by atomic mass is 9.61. The molecule has 3 unspecified atom stereocenters. The number of carboxylic acids is 1. The fourth-order valence-corrected chi connectivity index (χ4v) is 2.96. The average molecular weight is 277 g/mol. The van der Waals surface area contributed by atoms with Crippen molar-refractivity contribution in [1.29, 1.82) is 0 Å². The summed E-state index contributed by atoms with van der Waals surface area (Å²) in [7, 11) is 0. The smallest absolute Gasteiger partial charge is 0.337 e. The van der Waals surface area contributed by atoms with E-state index in [1.807, 2.05) is 19.1 Å². The molecule has 1 aromatic carbocycles. The fourth-order valence-electron chi connectivity index (χ4n) is 2.96. The van der Waals surface area contributed by atoms with Crippen molar-refractivity contribution in [1.82, 2.24) is 0 Å². The predicted molar refractivity (Wildman–Crippen MR) is 79.2 cm³/mol. The first kappa shape index (κ1) is 14.9. The molecule has 1 saturated carbocycles. The van der Waals surface area contributed by atoms with Gasteiger partial charge in [0, 0.05) is 23.8 Å². The Morgan fingerprint density at radius 3 is 2.75 bits per heavy atom. The zero-order valence-electron chi connectivity index (χ0n) is 12.3. The van der Waals surface area contributed by atoms with Crippen molar-refractivity contribution < 1.29 is 14.6 Å². The Morgan fingerprint density at radius 2 is 2.15 bits per heavy atom. The number of rotatable bonds is 6. The van der Waals surface area contributed by atoms with Gasteiger partial charge in [0.05, 0.1) is 11.7 Å². The van der Waals surface area contributed by atoms with Gasteiger partial charge in [-0.3, -0.25) is 0 Å². The highest BCUT2D eigenvalue weighted by Crippen LogP contribution is 2.47. The summed E-state index contributed by atoms with van der Waals surface area (Å²) >= 11 is 0. The maximum Gasteiger partial charge on any atom is 0.337 e. The van der Waals surface area contributed by atoms with E-state index >= 15 is 0 Å². The summed E-state index contributed by atoms with van der Waals surface area (Å²) < 4.78 is 5.77. The molecule has 0 amide bonds. The van der Waals surface area contributed by atoms with E-state index in [9.17, 15) is 9.90 Å². The highest BCUT2D eigenvalue weighted by atomic mass is 16.5. The van der Waals surface area contributed by atoms with E-state index < -0.39 is 5.97 Å². The first-order valence-corrected chi connectivity index (χ1v) is 7.23. The minimum absolute atomic E-state index is 0.0572. The van der Waals surface area contributed by atoms with Crippen molar-refractivity contribution >= 4 is 11.7 Å². The Kier molecular flexibility index (Phi) is 4.33. The number of benzene rings is 1. The fraction of sp³-hybridized carbons (Fsp3) is 0.562. The van der Waals surface area contributed by atoms with E-state index in [-0.39, 0.29) is 17.6 Å². The van der Waals surface area contributed by atoms with Crippen LogP contribution in [0.1, 0.15) is 44.0 Å². The minimum atomic E-state index is -0.896.